The van der Waals surface area contributed by atoms with Crippen LogP contribution in [-0.2, 0) is 12.2 Å². The second-order valence-electron chi connectivity index (χ2n) is 6.60. The van der Waals surface area contributed by atoms with Gasteiger partial charge in [0.05, 0.1) is 5.69 Å². The van der Waals surface area contributed by atoms with Gasteiger partial charge >= 0.3 is 0 Å². The van der Waals surface area contributed by atoms with Crippen molar-refractivity contribution in [1.29, 1.82) is 0 Å². The van der Waals surface area contributed by atoms with Crippen LogP contribution in [0.2, 0.25) is 0 Å². The molecule has 0 aliphatic heterocycles. The molecule has 0 N–H and O–H groups in total. The fraction of sp³-hybridized carbons (Fsp3) is 0.130. The summed E-state index contributed by atoms with van der Waals surface area (Å²) in [5.41, 5.74) is 4.84. The number of hydrogen-bond donors (Lipinski definition) is 0. The molecule has 3 nitrogen and oxygen atoms in total. The molecule has 5 heteroatoms. The zero-order valence-electron chi connectivity index (χ0n) is 15.5. The van der Waals surface area contributed by atoms with E-state index in [0.717, 1.165) is 33.3 Å². The number of hydrogen-bond acceptors (Lipinski definition) is 3. The Morgan fingerprint density at radius 1 is 0.821 bits per heavy atom. The predicted molar refractivity (Wildman–Crippen MR) is 119 cm³/mol. The van der Waals surface area contributed by atoms with Crippen LogP contribution in [0.5, 0.6) is 0 Å². The molecule has 0 bridgehead atoms. The van der Waals surface area contributed by atoms with E-state index in [4.69, 9.17) is 0 Å². The maximum Gasteiger partial charge on any atom is 0.196 e. The van der Waals surface area contributed by atoms with E-state index in [1.807, 2.05) is 6.07 Å². The van der Waals surface area contributed by atoms with E-state index in [1.54, 1.807) is 11.8 Å². The quantitative estimate of drug-likeness (QED) is 0.327. The molecule has 1 aromatic heterocycles. The molecule has 0 atom stereocenters. The standard InChI is InChI=1S/C23H20BrN3S/c1-17-7-5-6-10-21(17)27-22(15-18-8-3-2-4-9-18)25-26-23(27)28-16-19-11-13-20(24)14-12-19/h2-14H,15-16H2,1H3. The zero-order valence-corrected chi connectivity index (χ0v) is 18.0. The predicted octanol–water partition coefficient (Wildman–Crippen LogP) is 6.22. The Kier molecular flexibility index (Phi) is 5.93. The first-order valence-electron chi connectivity index (χ1n) is 9.12. The first-order valence-corrected chi connectivity index (χ1v) is 10.9. The minimum Gasteiger partial charge on any atom is -0.273 e. The number of rotatable bonds is 6. The summed E-state index contributed by atoms with van der Waals surface area (Å²) >= 11 is 5.21. The van der Waals surface area contributed by atoms with Gasteiger partial charge in [0.2, 0.25) is 0 Å². The average Bonchev–Trinajstić information content (AvgIpc) is 3.11. The second kappa shape index (κ2) is 8.76. The van der Waals surface area contributed by atoms with E-state index >= 15 is 0 Å². The molecule has 0 unspecified atom stereocenters. The molecule has 0 amide bonds. The third-order valence-corrected chi connectivity index (χ3v) is 6.07. The zero-order chi connectivity index (χ0) is 19.3. The molecule has 0 spiro atoms. The summed E-state index contributed by atoms with van der Waals surface area (Å²) in [5, 5.41) is 9.99. The molecule has 0 fully saturated rings. The normalized spacial score (nSPS) is 10.9. The maximum absolute atomic E-state index is 4.54. The van der Waals surface area contributed by atoms with Crippen LogP contribution < -0.4 is 0 Å². The van der Waals surface area contributed by atoms with Gasteiger partial charge in [-0.3, -0.25) is 4.57 Å². The lowest BCUT2D eigenvalue weighted by Crippen LogP contribution is -2.05. The summed E-state index contributed by atoms with van der Waals surface area (Å²) in [4.78, 5) is 0. The van der Waals surface area contributed by atoms with Gasteiger partial charge in [0.25, 0.3) is 0 Å². The largest absolute Gasteiger partial charge is 0.273 e. The van der Waals surface area contributed by atoms with Gasteiger partial charge in [0.1, 0.15) is 5.82 Å². The van der Waals surface area contributed by atoms with E-state index in [0.29, 0.717) is 0 Å². The third kappa shape index (κ3) is 4.37. The van der Waals surface area contributed by atoms with Crippen molar-refractivity contribution in [2.75, 3.05) is 0 Å². The van der Waals surface area contributed by atoms with Crippen LogP contribution in [0.25, 0.3) is 5.69 Å². The van der Waals surface area contributed by atoms with Gasteiger partial charge in [-0.2, -0.15) is 0 Å². The topological polar surface area (TPSA) is 30.7 Å². The number of para-hydroxylation sites is 1. The van der Waals surface area contributed by atoms with Gasteiger partial charge in [-0.15, -0.1) is 10.2 Å². The lowest BCUT2D eigenvalue weighted by molar-refractivity contribution is 0.841. The fourth-order valence-electron chi connectivity index (χ4n) is 3.07. The molecule has 3 aromatic carbocycles. The summed E-state index contributed by atoms with van der Waals surface area (Å²) in [6.45, 7) is 2.13. The van der Waals surface area contributed by atoms with E-state index in [2.05, 4.69) is 110 Å². The fourth-order valence-corrected chi connectivity index (χ4v) is 4.26. The van der Waals surface area contributed by atoms with Gasteiger partial charge in [-0.05, 0) is 41.8 Å². The molecule has 0 saturated carbocycles. The Bertz CT molecular complexity index is 1060. The van der Waals surface area contributed by atoms with Gasteiger partial charge in [0, 0.05) is 16.6 Å². The summed E-state index contributed by atoms with van der Waals surface area (Å²) in [5.74, 6) is 1.81. The van der Waals surface area contributed by atoms with E-state index in [-0.39, 0.29) is 0 Å². The van der Waals surface area contributed by atoms with E-state index in [9.17, 15) is 0 Å². The molecule has 4 rings (SSSR count). The van der Waals surface area contributed by atoms with Crippen LogP contribution in [0.1, 0.15) is 22.5 Å². The molecule has 28 heavy (non-hydrogen) atoms. The highest BCUT2D eigenvalue weighted by molar-refractivity contribution is 9.10. The Balaban J connectivity index is 1.67. The van der Waals surface area contributed by atoms with Gasteiger partial charge < -0.3 is 0 Å². The maximum atomic E-state index is 4.54. The summed E-state index contributed by atoms with van der Waals surface area (Å²) in [6.07, 6.45) is 0.751. The molecule has 1 heterocycles. The number of aryl methyl sites for hydroxylation is 1. The summed E-state index contributed by atoms with van der Waals surface area (Å²) in [6, 6.07) is 27.2. The lowest BCUT2D eigenvalue weighted by atomic mass is 10.1. The molecule has 0 radical (unpaired) electrons. The number of benzene rings is 3. The number of thioether (sulfide) groups is 1. The van der Waals surface area contributed by atoms with Gasteiger partial charge in [-0.1, -0.05) is 88.4 Å². The van der Waals surface area contributed by atoms with Crippen molar-refractivity contribution in [2.24, 2.45) is 0 Å². The molecule has 140 valence electrons. The third-order valence-electron chi connectivity index (χ3n) is 4.54. The van der Waals surface area contributed by atoms with Crippen molar-refractivity contribution in [3.63, 3.8) is 0 Å². The monoisotopic (exact) mass is 449 g/mol. The lowest BCUT2D eigenvalue weighted by Gasteiger charge is -2.13. The van der Waals surface area contributed by atoms with Crippen molar-refractivity contribution < 1.29 is 0 Å². The minimum absolute atomic E-state index is 0.751. The van der Waals surface area contributed by atoms with Crippen molar-refractivity contribution >= 4 is 27.7 Å². The molecular formula is C23H20BrN3S. The van der Waals surface area contributed by atoms with Crippen LogP contribution >= 0.6 is 27.7 Å². The summed E-state index contributed by atoms with van der Waals surface area (Å²) < 4.78 is 3.29. The Labute approximate surface area is 178 Å². The average molecular weight is 450 g/mol. The number of nitrogens with zero attached hydrogens (tertiary/aromatic N) is 3. The van der Waals surface area contributed by atoms with Crippen LogP contribution in [0.4, 0.5) is 0 Å². The Morgan fingerprint density at radius 3 is 2.29 bits per heavy atom. The van der Waals surface area contributed by atoms with Gasteiger partial charge in [-0.25, -0.2) is 0 Å². The molecular weight excluding hydrogens is 430 g/mol. The van der Waals surface area contributed by atoms with Crippen molar-refractivity contribution in [1.82, 2.24) is 14.8 Å². The first-order chi connectivity index (χ1) is 13.7. The number of aromatic nitrogens is 3. The highest BCUT2D eigenvalue weighted by Crippen LogP contribution is 2.28. The highest BCUT2D eigenvalue weighted by Gasteiger charge is 2.16. The first kappa shape index (κ1) is 19.0. The van der Waals surface area contributed by atoms with Crippen LogP contribution in [0.15, 0.2) is 88.5 Å². The minimum atomic E-state index is 0.751. The van der Waals surface area contributed by atoms with Crippen molar-refractivity contribution in [3.05, 3.63) is 106 Å². The smallest absolute Gasteiger partial charge is 0.196 e. The van der Waals surface area contributed by atoms with E-state index < -0.39 is 0 Å². The second-order valence-corrected chi connectivity index (χ2v) is 8.46. The van der Waals surface area contributed by atoms with Crippen molar-refractivity contribution in [3.8, 4) is 5.69 Å². The van der Waals surface area contributed by atoms with E-state index in [1.165, 1.54) is 16.7 Å². The highest BCUT2D eigenvalue weighted by atomic mass is 79.9. The Morgan fingerprint density at radius 2 is 1.54 bits per heavy atom. The Hall–Kier alpha value is -2.37. The van der Waals surface area contributed by atoms with Crippen LogP contribution in [0.3, 0.4) is 0 Å². The SMILES string of the molecule is Cc1ccccc1-n1c(Cc2ccccc2)nnc1SCc1ccc(Br)cc1. The molecule has 0 aliphatic carbocycles. The summed E-state index contributed by atoms with van der Waals surface area (Å²) in [7, 11) is 0. The van der Waals surface area contributed by atoms with Crippen LogP contribution in [-0.4, -0.2) is 14.8 Å². The van der Waals surface area contributed by atoms with Crippen LogP contribution in [0, 0.1) is 6.92 Å². The number of halogens is 1. The van der Waals surface area contributed by atoms with Gasteiger partial charge in [0.15, 0.2) is 5.16 Å². The molecule has 0 aliphatic rings. The van der Waals surface area contributed by atoms with Crippen molar-refractivity contribution in [2.45, 2.75) is 24.3 Å². The molecule has 0 saturated heterocycles. The molecule has 4 aromatic rings.